The second kappa shape index (κ2) is 8.59. The Labute approximate surface area is 179 Å². The maximum absolute atomic E-state index is 12.8. The van der Waals surface area contributed by atoms with Crippen LogP contribution < -0.4 is 19.7 Å². The third kappa shape index (κ3) is 4.02. The molecule has 154 valence electrons. The van der Waals surface area contributed by atoms with Gasteiger partial charge in [0.15, 0.2) is 11.5 Å². The van der Waals surface area contributed by atoms with Gasteiger partial charge in [0.05, 0.1) is 25.5 Å². The number of ether oxygens (including phenoxy) is 2. The van der Waals surface area contributed by atoms with E-state index in [1.165, 1.54) is 11.3 Å². The van der Waals surface area contributed by atoms with Crippen LogP contribution >= 0.6 is 11.3 Å². The summed E-state index contributed by atoms with van der Waals surface area (Å²) in [6.45, 7) is 0.648. The Balaban J connectivity index is 1.48. The molecule has 0 fully saturated rings. The normalized spacial score (nSPS) is 12.4. The summed E-state index contributed by atoms with van der Waals surface area (Å²) in [6, 6.07) is 14.9. The van der Waals surface area contributed by atoms with Crippen molar-refractivity contribution in [3.05, 3.63) is 69.9 Å². The first kappa shape index (κ1) is 20.0. The molecule has 0 saturated heterocycles. The number of carbonyl (C=O) groups excluding carboxylic acids is 2. The van der Waals surface area contributed by atoms with Crippen LogP contribution in [-0.2, 0) is 17.6 Å². The number of carbonyl (C=O) groups is 2. The summed E-state index contributed by atoms with van der Waals surface area (Å²) in [7, 11) is 3.14. The van der Waals surface area contributed by atoms with Gasteiger partial charge in [-0.2, -0.15) is 0 Å². The molecule has 0 spiro atoms. The zero-order chi connectivity index (χ0) is 21.1. The molecule has 0 bridgehead atoms. The number of nitrogens with one attached hydrogen (secondary N) is 1. The number of nitrogens with zero attached hydrogens (tertiary/aromatic N) is 1. The van der Waals surface area contributed by atoms with Crippen LogP contribution in [-0.4, -0.2) is 32.6 Å². The molecule has 2 heterocycles. The lowest BCUT2D eigenvalue weighted by molar-refractivity contribution is -0.115. The summed E-state index contributed by atoms with van der Waals surface area (Å²) >= 11 is 1.43. The van der Waals surface area contributed by atoms with E-state index < -0.39 is 0 Å². The van der Waals surface area contributed by atoms with E-state index in [1.54, 1.807) is 31.3 Å². The molecule has 1 N–H and O–H groups in total. The number of hydrogen-bond donors (Lipinski definition) is 1. The smallest absolute Gasteiger partial charge is 0.268 e. The Bertz CT molecular complexity index is 1080. The predicted molar refractivity (Wildman–Crippen MR) is 118 cm³/mol. The minimum atomic E-state index is -0.142. The molecule has 30 heavy (non-hydrogen) atoms. The van der Waals surface area contributed by atoms with E-state index in [0.717, 1.165) is 23.2 Å². The number of anilines is 2. The lowest BCUT2D eigenvalue weighted by Crippen LogP contribution is -2.28. The first-order valence-electron chi connectivity index (χ1n) is 9.58. The fourth-order valence-corrected chi connectivity index (χ4v) is 4.25. The highest BCUT2D eigenvalue weighted by Crippen LogP contribution is 2.33. The fourth-order valence-electron chi connectivity index (χ4n) is 3.58. The van der Waals surface area contributed by atoms with Crippen molar-refractivity contribution in [3.8, 4) is 11.5 Å². The highest BCUT2D eigenvalue weighted by molar-refractivity contribution is 7.12. The van der Waals surface area contributed by atoms with E-state index in [1.807, 2.05) is 41.8 Å². The minimum Gasteiger partial charge on any atom is -0.493 e. The van der Waals surface area contributed by atoms with Crippen molar-refractivity contribution >= 4 is 34.5 Å². The summed E-state index contributed by atoms with van der Waals surface area (Å²) in [5.41, 5.74) is 3.46. The molecule has 2 amide bonds. The SMILES string of the molecule is COc1ccc(CC(=O)Nc2ccc3c(c2)N(C(=O)c2cccs2)CC3)cc1OC. The molecule has 0 saturated carbocycles. The predicted octanol–water partition coefficient (Wildman–Crippen LogP) is 4.15. The fraction of sp³-hybridized carbons (Fsp3) is 0.217. The van der Waals surface area contributed by atoms with Crippen molar-refractivity contribution in [3.63, 3.8) is 0 Å². The number of rotatable bonds is 6. The van der Waals surface area contributed by atoms with E-state index in [0.29, 0.717) is 28.6 Å². The topological polar surface area (TPSA) is 67.9 Å². The Morgan fingerprint density at radius 3 is 2.63 bits per heavy atom. The Morgan fingerprint density at radius 1 is 1.07 bits per heavy atom. The van der Waals surface area contributed by atoms with Crippen molar-refractivity contribution in [1.29, 1.82) is 0 Å². The molecule has 0 radical (unpaired) electrons. The zero-order valence-electron chi connectivity index (χ0n) is 16.8. The molecular weight excluding hydrogens is 400 g/mol. The molecular formula is C23H22N2O4S. The molecule has 0 unspecified atom stereocenters. The van der Waals surface area contributed by atoms with Crippen LogP contribution in [0.2, 0.25) is 0 Å². The molecule has 0 atom stereocenters. The van der Waals surface area contributed by atoms with Crippen molar-refractivity contribution in [2.45, 2.75) is 12.8 Å². The molecule has 1 aliphatic rings. The van der Waals surface area contributed by atoms with E-state index >= 15 is 0 Å². The Morgan fingerprint density at radius 2 is 1.90 bits per heavy atom. The van der Waals surface area contributed by atoms with E-state index in [2.05, 4.69) is 5.32 Å². The third-order valence-electron chi connectivity index (χ3n) is 5.05. The van der Waals surface area contributed by atoms with Gasteiger partial charge in [0, 0.05) is 17.9 Å². The third-order valence-corrected chi connectivity index (χ3v) is 5.91. The first-order chi connectivity index (χ1) is 14.6. The monoisotopic (exact) mass is 422 g/mol. The lowest BCUT2D eigenvalue weighted by atomic mass is 10.1. The molecule has 1 aromatic heterocycles. The summed E-state index contributed by atoms with van der Waals surface area (Å²) < 4.78 is 10.5. The average molecular weight is 423 g/mol. The van der Waals surface area contributed by atoms with Gasteiger partial charge in [-0.25, -0.2) is 0 Å². The van der Waals surface area contributed by atoms with Gasteiger partial charge in [0.25, 0.3) is 5.91 Å². The second-order valence-corrected chi connectivity index (χ2v) is 7.89. The second-order valence-electron chi connectivity index (χ2n) is 6.94. The van der Waals surface area contributed by atoms with Gasteiger partial charge in [0.1, 0.15) is 0 Å². The van der Waals surface area contributed by atoms with E-state index in [9.17, 15) is 9.59 Å². The standard InChI is InChI=1S/C23H22N2O4S/c1-28-19-8-5-15(12-20(19)29-2)13-22(26)24-17-7-6-16-9-10-25(18(16)14-17)23(27)21-4-3-11-30-21/h3-8,11-12,14H,9-10,13H2,1-2H3,(H,24,26). The minimum absolute atomic E-state index is 0.00226. The summed E-state index contributed by atoms with van der Waals surface area (Å²) in [5.74, 6) is 1.06. The van der Waals surface area contributed by atoms with Crippen molar-refractivity contribution < 1.29 is 19.1 Å². The number of methoxy groups -OCH3 is 2. The maximum atomic E-state index is 12.8. The maximum Gasteiger partial charge on any atom is 0.268 e. The number of amides is 2. The van der Waals surface area contributed by atoms with Gasteiger partial charge in [-0.15, -0.1) is 11.3 Å². The summed E-state index contributed by atoms with van der Waals surface area (Å²) in [5, 5.41) is 4.83. The molecule has 3 aromatic rings. The Kier molecular flexibility index (Phi) is 5.72. The van der Waals surface area contributed by atoms with Crippen molar-refractivity contribution in [1.82, 2.24) is 0 Å². The first-order valence-corrected chi connectivity index (χ1v) is 10.5. The van der Waals surface area contributed by atoms with Crippen LogP contribution in [0.25, 0.3) is 0 Å². The molecule has 0 aliphatic carbocycles. The van der Waals surface area contributed by atoms with Crippen molar-refractivity contribution in [2.75, 3.05) is 31.0 Å². The Hall–Kier alpha value is -3.32. The number of hydrogen-bond acceptors (Lipinski definition) is 5. The number of benzene rings is 2. The van der Waals surface area contributed by atoms with Gasteiger partial charge in [-0.1, -0.05) is 18.2 Å². The van der Waals surface area contributed by atoms with Gasteiger partial charge in [0.2, 0.25) is 5.91 Å². The largest absolute Gasteiger partial charge is 0.493 e. The van der Waals surface area contributed by atoms with Crippen molar-refractivity contribution in [2.24, 2.45) is 0 Å². The van der Waals surface area contributed by atoms with Gasteiger partial charge < -0.3 is 19.7 Å². The van der Waals surface area contributed by atoms with Gasteiger partial charge >= 0.3 is 0 Å². The highest BCUT2D eigenvalue weighted by atomic mass is 32.1. The zero-order valence-corrected chi connectivity index (χ0v) is 17.6. The van der Waals surface area contributed by atoms with Gasteiger partial charge in [-0.3, -0.25) is 9.59 Å². The van der Waals surface area contributed by atoms with E-state index in [4.69, 9.17) is 9.47 Å². The molecule has 6 nitrogen and oxygen atoms in total. The average Bonchev–Trinajstić information content (AvgIpc) is 3.43. The van der Waals surface area contributed by atoms with Crippen LogP contribution in [0.15, 0.2) is 53.9 Å². The molecule has 1 aliphatic heterocycles. The van der Waals surface area contributed by atoms with Crippen LogP contribution in [0.4, 0.5) is 11.4 Å². The van der Waals surface area contributed by atoms with Crippen LogP contribution in [0.1, 0.15) is 20.8 Å². The molecule has 4 rings (SSSR count). The van der Waals surface area contributed by atoms with Crippen LogP contribution in [0.5, 0.6) is 11.5 Å². The highest BCUT2D eigenvalue weighted by Gasteiger charge is 2.26. The summed E-state index contributed by atoms with van der Waals surface area (Å²) in [6.07, 6.45) is 1.02. The van der Waals surface area contributed by atoms with E-state index in [-0.39, 0.29) is 18.2 Å². The quantitative estimate of drug-likeness (QED) is 0.648. The lowest BCUT2D eigenvalue weighted by Gasteiger charge is -2.17. The number of thiophene rings is 1. The number of fused-ring (bicyclic) bond motifs is 1. The molecule has 7 heteroatoms. The van der Waals surface area contributed by atoms with Crippen LogP contribution in [0, 0.1) is 0 Å². The van der Waals surface area contributed by atoms with Gasteiger partial charge in [-0.05, 0) is 53.3 Å². The summed E-state index contributed by atoms with van der Waals surface area (Å²) in [4.78, 5) is 27.9. The molecule has 2 aromatic carbocycles. The van der Waals surface area contributed by atoms with Crippen LogP contribution in [0.3, 0.4) is 0 Å².